The third-order valence-corrected chi connectivity index (χ3v) is 2.99. The van der Waals surface area contributed by atoms with Crippen molar-refractivity contribution in [2.24, 2.45) is 4.99 Å². The predicted molar refractivity (Wildman–Crippen MR) is 103 cm³/mol. The van der Waals surface area contributed by atoms with Crippen molar-refractivity contribution < 1.29 is 18.0 Å². The molecule has 0 saturated heterocycles. The Morgan fingerprint density at radius 3 is 2.56 bits per heavy atom. The highest BCUT2D eigenvalue weighted by atomic mass is 127. The molecule has 0 aromatic heterocycles. The number of carbonyl (C=O) groups excluding carboxylic acids is 1. The van der Waals surface area contributed by atoms with Crippen molar-refractivity contribution >= 4 is 35.8 Å². The lowest BCUT2D eigenvalue weighted by Gasteiger charge is -2.14. The van der Waals surface area contributed by atoms with Crippen LogP contribution in [0.1, 0.15) is 11.1 Å². The van der Waals surface area contributed by atoms with Crippen LogP contribution < -0.4 is 10.6 Å². The maximum absolute atomic E-state index is 12.7. The fourth-order valence-corrected chi connectivity index (χ4v) is 1.68. The second-order valence-electron chi connectivity index (χ2n) is 5.17. The van der Waals surface area contributed by atoms with Gasteiger partial charge in [0.1, 0.15) is 0 Å². The molecule has 0 spiro atoms. The molecule has 0 aliphatic rings. The molecule has 0 atom stereocenters. The zero-order valence-electron chi connectivity index (χ0n) is 14.1. The van der Waals surface area contributed by atoms with Crippen LogP contribution in [0.25, 0.3) is 0 Å². The number of carbonyl (C=O) groups is 1. The standard InChI is InChI=1S/C16H21F3N4O.HI/c1-4-8-20-15(22-11-14(24)23(2)3)21-10-12-6-5-7-13(9-12)16(17,18)19;/h4-7,9H,1,8,10-11H2,2-3H3,(H2,20,21,22);1H. The van der Waals surface area contributed by atoms with E-state index in [1.807, 2.05) is 0 Å². The van der Waals surface area contributed by atoms with Crippen LogP contribution in [0.5, 0.6) is 0 Å². The molecule has 0 saturated carbocycles. The number of halogens is 4. The fourth-order valence-electron chi connectivity index (χ4n) is 1.68. The third kappa shape index (κ3) is 8.75. The molecule has 2 N–H and O–H groups in total. The van der Waals surface area contributed by atoms with Gasteiger partial charge in [-0.1, -0.05) is 18.2 Å². The Labute approximate surface area is 162 Å². The first-order chi connectivity index (χ1) is 11.2. The summed E-state index contributed by atoms with van der Waals surface area (Å²) in [5.74, 6) is 0.171. The molecule has 5 nitrogen and oxygen atoms in total. The number of nitrogens with one attached hydrogen (secondary N) is 2. The topological polar surface area (TPSA) is 56.7 Å². The van der Waals surface area contributed by atoms with Crippen molar-refractivity contribution in [1.29, 1.82) is 0 Å². The molecule has 1 aromatic rings. The largest absolute Gasteiger partial charge is 0.416 e. The van der Waals surface area contributed by atoms with Crippen LogP contribution in [0.3, 0.4) is 0 Å². The van der Waals surface area contributed by atoms with Gasteiger partial charge in [-0.15, -0.1) is 30.6 Å². The molecule has 1 aromatic carbocycles. The lowest BCUT2D eigenvalue weighted by molar-refractivity contribution is -0.137. The number of hydrogen-bond donors (Lipinski definition) is 2. The van der Waals surface area contributed by atoms with Crippen LogP contribution in [0, 0.1) is 0 Å². The molecule has 140 valence electrons. The number of nitrogens with zero attached hydrogens (tertiary/aromatic N) is 2. The van der Waals surface area contributed by atoms with E-state index in [2.05, 4.69) is 22.2 Å². The van der Waals surface area contributed by atoms with Gasteiger partial charge in [-0.3, -0.25) is 4.79 Å². The minimum atomic E-state index is -4.39. The minimum Gasteiger partial charge on any atom is -0.353 e. The van der Waals surface area contributed by atoms with Crippen LogP contribution in [0.4, 0.5) is 13.2 Å². The summed E-state index contributed by atoms with van der Waals surface area (Å²) >= 11 is 0. The second kappa shape index (κ2) is 11.0. The van der Waals surface area contributed by atoms with Crippen molar-refractivity contribution in [3.8, 4) is 0 Å². The van der Waals surface area contributed by atoms with E-state index in [9.17, 15) is 18.0 Å². The van der Waals surface area contributed by atoms with Gasteiger partial charge in [-0.25, -0.2) is 4.99 Å². The fraction of sp³-hybridized carbons (Fsp3) is 0.375. The summed E-state index contributed by atoms with van der Waals surface area (Å²) < 4.78 is 38.1. The van der Waals surface area contributed by atoms with Crippen LogP contribution in [-0.4, -0.2) is 44.0 Å². The average Bonchev–Trinajstić information content (AvgIpc) is 2.53. The monoisotopic (exact) mass is 470 g/mol. The molecule has 0 unspecified atom stereocenters. The molecule has 9 heteroatoms. The lowest BCUT2D eigenvalue weighted by Crippen LogP contribution is -2.43. The zero-order chi connectivity index (χ0) is 18.2. The average molecular weight is 470 g/mol. The second-order valence-corrected chi connectivity index (χ2v) is 5.17. The summed E-state index contributed by atoms with van der Waals surface area (Å²) in [6.07, 6.45) is -2.78. The number of amides is 1. The molecular formula is C16H22F3IN4O. The number of alkyl halides is 3. The molecule has 1 rings (SSSR count). The molecular weight excluding hydrogens is 448 g/mol. The Morgan fingerprint density at radius 2 is 2.00 bits per heavy atom. The first kappa shape index (κ1) is 23.2. The zero-order valence-corrected chi connectivity index (χ0v) is 16.4. The molecule has 25 heavy (non-hydrogen) atoms. The smallest absolute Gasteiger partial charge is 0.353 e. The number of aliphatic imine (C=N–C) groups is 1. The van der Waals surface area contributed by atoms with Crippen molar-refractivity contribution in [2.45, 2.75) is 12.7 Å². The van der Waals surface area contributed by atoms with Crippen molar-refractivity contribution in [1.82, 2.24) is 15.5 Å². The highest BCUT2D eigenvalue weighted by molar-refractivity contribution is 14.0. The van der Waals surface area contributed by atoms with Crippen LogP contribution in [0.15, 0.2) is 41.9 Å². The summed E-state index contributed by atoms with van der Waals surface area (Å²) in [5.41, 5.74) is -0.296. The van der Waals surface area contributed by atoms with E-state index in [0.29, 0.717) is 18.1 Å². The van der Waals surface area contributed by atoms with Gasteiger partial charge in [0.05, 0.1) is 18.7 Å². The summed E-state index contributed by atoms with van der Waals surface area (Å²) in [6.45, 7) is 4.05. The lowest BCUT2D eigenvalue weighted by atomic mass is 10.1. The Morgan fingerprint density at radius 1 is 1.32 bits per heavy atom. The highest BCUT2D eigenvalue weighted by Gasteiger charge is 2.30. The SMILES string of the molecule is C=CCNC(=NCc1cccc(C(F)(F)F)c1)NCC(=O)N(C)C.I. The summed E-state index contributed by atoms with van der Waals surface area (Å²) in [6, 6.07) is 4.97. The minimum absolute atomic E-state index is 0. The molecule has 1 amide bonds. The number of guanidine groups is 1. The summed E-state index contributed by atoms with van der Waals surface area (Å²) in [4.78, 5) is 17.2. The van der Waals surface area contributed by atoms with Crippen LogP contribution >= 0.6 is 24.0 Å². The van der Waals surface area contributed by atoms with Gasteiger partial charge in [0, 0.05) is 20.6 Å². The molecule has 0 aliphatic heterocycles. The van der Waals surface area contributed by atoms with E-state index in [4.69, 9.17) is 0 Å². The van der Waals surface area contributed by atoms with Gasteiger partial charge in [0.25, 0.3) is 0 Å². The Hall–Kier alpha value is -1.78. The van der Waals surface area contributed by atoms with Gasteiger partial charge in [-0.2, -0.15) is 13.2 Å². The summed E-state index contributed by atoms with van der Waals surface area (Å²) in [7, 11) is 3.25. The quantitative estimate of drug-likeness (QED) is 0.291. The Balaban J connectivity index is 0.00000576. The molecule has 0 aliphatic carbocycles. The maximum Gasteiger partial charge on any atom is 0.416 e. The first-order valence-electron chi connectivity index (χ1n) is 7.23. The van der Waals surface area contributed by atoms with Crippen LogP contribution in [0.2, 0.25) is 0 Å². The van der Waals surface area contributed by atoms with E-state index in [0.717, 1.165) is 12.1 Å². The Bertz CT molecular complexity index is 603. The Kier molecular flexibility index (Phi) is 10.2. The maximum atomic E-state index is 12.7. The van der Waals surface area contributed by atoms with Gasteiger partial charge in [-0.05, 0) is 17.7 Å². The van der Waals surface area contributed by atoms with Crippen molar-refractivity contribution in [3.05, 3.63) is 48.0 Å². The third-order valence-electron chi connectivity index (χ3n) is 2.99. The van der Waals surface area contributed by atoms with Crippen molar-refractivity contribution in [3.63, 3.8) is 0 Å². The van der Waals surface area contributed by atoms with E-state index < -0.39 is 11.7 Å². The summed E-state index contributed by atoms with van der Waals surface area (Å²) in [5, 5.41) is 5.74. The van der Waals surface area contributed by atoms with Crippen molar-refractivity contribution in [2.75, 3.05) is 27.2 Å². The molecule has 0 bridgehead atoms. The predicted octanol–water partition coefficient (Wildman–Crippen LogP) is 2.63. The molecule has 0 fully saturated rings. The number of rotatable bonds is 6. The number of hydrogen-bond acceptors (Lipinski definition) is 2. The van der Waals surface area contributed by atoms with Crippen LogP contribution in [-0.2, 0) is 17.5 Å². The van der Waals surface area contributed by atoms with E-state index >= 15 is 0 Å². The normalized spacial score (nSPS) is 11.3. The van der Waals surface area contributed by atoms with Gasteiger partial charge in [0.15, 0.2) is 5.96 Å². The number of benzene rings is 1. The van der Waals surface area contributed by atoms with E-state index in [1.54, 1.807) is 26.2 Å². The van der Waals surface area contributed by atoms with E-state index in [-0.39, 0.29) is 43.0 Å². The van der Waals surface area contributed by atoms with Gasteiger partial charge >= 0.3 is 6.18 Å². The molecule has 0 radical (unpaired) electrons. The first-order valence-corrected chi connectivity index (χ1v) is 7.23. The van der Waals surface area contributed by atoms with Gasteiger partial charge < -0.3 is 15.5 Å². The highest BCUT2D eigenvalue weighted by Crippen LogP contribution is 2.29. The number of likely N-dealkylation sites (N-methyl/N-ethyl adjacent to an activating group) is 1. The van der Waals surface area contributed by atoms with E-state index in [1.165, 1.54) is 11.0 Å². The van der Waals surface area contributed by atoms with Gasteiger partial charge in [0.2, 0.25) is 5.91 Å². The molecule has 0 heterocycles.